The molecule has 0 bridgehead atoms. The lowest BCUT2D eigenvalue weighted by Crippen LogP contribution is -2.50. The van der Waals surface area contributed by atoms with Crippen LogP contribution in [0, 0.1) is 5.92 Å². The zero-order valence-electron chi connectivity index (χ0n) is 18.8. The molecule has 33 heavy (non-hydrogen) atoms. The second kappa shape index (κ2) is 11.6. The molecule has 172 valence electrons. The molecule has 3 N–H and O–H groups in total. The van der Waals surface area contributed by atoms with Crippen molar-refractivity contribution in [2.75, 3.05) is 11.9 Å². The fourth-order valence-corrected chi connectivity index (χ4v) is 3.33. The van der Waals surface area contributed by atoms with E-state index < -0.39 is 11.9 Å². The van der Waals surface area contributed by atoms with Gasteiger partial charge < -0.3 is 20.5 Å². The van der Waals surface area contributed by atoms with E-state index in [1.54, 1.807) is 61.1 Å². The van der Waals surface area contributed by atoms with Crippen LogP contribution in [0.5, 0.6) is 0 Å². The van der Waals surface area contributed by atoms with Crippen LogP contribution < -0.4 is 16.0 Å². The number of aromatic nitrogens is 2. The van der Waals surface area contributed by atoms with Gasteiger partial charge >= 0.3 is 0 Å². The number of imidazole rings is 1. The van der Waals surface area contributed by atoms with Gasteiger partial charge in [-0.1, -0.05) is 44.2 Å². The molecular weight excluding hydrogens is 418 g/mol. The SMILES string of the molecule is CC(C)[C@H](NC(=O)c1ccccc1NC(=O)c1ccccc1)C(=O)NCCCn1ccnc1. The predicted octanol–water partition coefficient (Wildman–Crippen LogP) is 3.10. The summed E-state index contributed by atoms with van der Waals surface area (Å²) in [5.74, 6) is -1.10. The molecule has 0 saturated carbocycles. The maximum atomic E-state index is 13.0. The third-order valence-corrected chi connectivity index (χ3v) is 5.14. The van der Waals surface area contributed by atoms with Crippen molar-refractivity contribution in [3.63, 3.8) is 0 Å². The Morgan fingerprint density at radius 3 is 2.39 bits per heavy atom. The molecule has 2 aromatic carbocycles. The van der Waals surface area contributed by atoms with Crippen LogP contribution in [0.1, 0.15) is 41.0 Å². The topological polar surface area (TPSA) is 105 Å². The van der Waals surface area contributed by atoms with Gasteiger partial charge in [-0.05, 0) is 36.6 Å². The number of hydrogen-bond donors (Lipinski definition) is 3. The fraction of sp³-hybridized carbons (Fsp3) is 0.280. The van der Waals surface area contributed by atoms with E-state index in [0.717, 1.165) is 13.0 Å². The number of carbonyl (C=O) groups is 3. The molecule has 8 heteroatoms. The molecule has 1 heterocycles. The zero-order valence-corrected chi connectivity index (χ0v) is 18.8. The number of amides is 3. The molecule has 0 aliphatic heterocycles. The lowest BCUT2D eigenvalue weighted by atomic mass is 10.0. The maximum Gasteiger partial charge on any atom is 0.255 e. The molecule has 3 amide bonds. The van der Waals surface area contributed by atoms with Gasteiger partial charge in [-0.3, -0.25) is 14.4 Å². The molecule has 0 unspecified atom stereocenters. The number of aryl methyl sites for hydroxylation is 1. The Hall–Kier alpha value is -3.94. The lowest BCUT2D eigenvalue weighted by Gasteiger charge is -2.22. The number of nitrogens with zero attached hydrogens (tertiary/aromatic N) is 2. The summed E-state index contributed by atoms with van der Waals surface area (Å²) in [5.41, 5.74) is 1.16. The second-order valence-electron chi connectivity index (χ2n) is 8.01. The van der Waals surface area contributed by atoms with E-state index in [1.165, 1.54) is 0 Å². The zero-order chi connectivity index (χ0) is 23.6. The number of hydrogen-bond acceptors (Lipinski definition) is 4. The van der Waals surface area contributed by atoms with Gasteiger partial charge in [0.2, 0.25) is 5.91 Å². The van der Waals surface area contributed by atoms with Crippen LogP contribution in [-0.4, -0.2) is 39.9 Å². The van der Waals surface area contributed by atoms with Gasteiger partial charge in [-0.15, -0.1) is 0 Å². The Morgan fingerprint density at radius 1 is 0.970 bits per heavy atom. The highest BCUT2D eigenvalue weighted by molar-refractivity contribution is 6.09. The first-order valence-electron chi connectivity index (χ1n) is 11.0. The second-order valence-corrected chi connectivity index (χ2v) is 8.01. The van der Waals surface area contributed by atoms with Crippen LogP contribution in [0.25, 0.3) is 0 Å². The Morgan fingerprint density at radius 2 is 1.70 bits per heavy atom. The average Bonchev–Trinajstić information content (AvgIpc) is 3.34. The monoisotopic (exact) mass is 447 g/mol. The molecule has 8 nitrogen and oxygen atoms in total. The molecule has 3 aromatic rings. The molecule has 0 saturated heterocycles. The highest BCUT2D eigenvalue weighted by atomic mass is 16.2. The van der Waals surface area contributed by atoms with E-state index in [1.807, 2.05) is 30.7 Å². The van der Waals surface area contributed by atoms with E-state index >= 15 is 0 Å². The Bertz CT molecular complexity index is 1060. The van der Waals surface area contributed by atoms with Gasteiger partial charge in [0.1, 0.15) is 6.04 Å². The molecule has 3 rings (SSSR count). The van der Waals surface area contributed by atoms with Crippen molar-refractivity contribution in [2.45, 2.75) is 32.9 Å². The number of rotatable bonds is 10. The molecule has 0 spiro atoms. The van der Waals surface area contributed by atoms with E-state index in [2.05, 4.69) is 20.9 Å². The summed E-state index contributed by atoms with van der Waals surface area (Å²) < 4.78 is 1.94. The van der Waals surface area contributed by atoms with Crippen molar-refractivity contribution in [1.82, 2.24) is 20.2 Å². The van der Waals surface area contributed by atoms with Gasteiger partial charge in [0, 0.05) is 31.0 Å². The Balaban J connectivity index is 1.61. The summed E-state index contributed by atoms with van der Waals surface area (Å²) in [6, 6.07) is 14.8. The number of carbonyl (C=O) groups excluding carboxylic acids is 3. The van der Waals surface area contributed by atoms with Crippen molar-refractivity contribution in [3.8, 4) is 0 Å². The van der Waals surface area contributed by atoms with Gasteiger partial charge in [-0.2, -0.15) is 0 Å². The van der Waals surface area contributed by atoms with E-state index in [9.17, 15) is 14.4 Å². The van der Waals surface area contributed by atoms with Crippen LogP contribution in [0.4, 0.5) is 5.69 Å². The minimum Gasteiger partial charge on any atom is -0.354 e. The summed E-state index contributed by atoms with van der Waals surface area (Å²) in [5, 5.41) is 8.50. The first-order valence-corrected chi connectivity index (χ1v) is 11.0. The Labute approximate surface area is 193 Å². The van der Waals surface area contributed by atoms with E-state index in [0.29, 0.717) is 23.4 Å². The summed E-state index contributed by atoms with van der Waals surface area (Å²) in [7, 11) is 0. The van der Waals surface area contributed by atoms with Crippen molar-refractivity contribution < 1.29 is 14.4 Å². The fourth-order valence-electron chi connectivity index (χ4n) is 3.33. The van der Waals surface area contributed by atoms with Crippen LogP contribution >= 0.6 is 0 Å². The third kappa shape index (κ3) is 6.77. The van der Waals surface area contributed by atoms with Crippen molar-refractivity contribution in [1.29, 1.82) is 0 Å². The summed E-state index contributed by atoms with van der Waals surface area (Å²) in [6.45, 7) is 4.98. The summed E-state index contributed by atoms with van der Waals surface area (Å²) in [4.78, 5) is 42.3. The largest absolute Gasteiger partial charge is 0.354 e. The average molecular weight is 448 g/mol. The van der Waals surface area contributed by atoms with Gasteiger partial charge in [-0.25, -0.2) is 4.98 Å². The number of para-hydroxylation sites is 1. The molecule has 0 radical (unpaired) electrons. The number of anilines is 1. The molecule has 1 aromatic heterocycles. The minimum atomic E-state index is -0.705. The van der Waals surface area contributed by atoms with Gasteiger partial charge in [0.05, 0.1) is 17.6 Å². The lowest BCUT2D eigenvalue weighted by molar-refractivity contribution is -0.123. The molecule has 0 fully saturated rings. The predicted molar refractivity (Wildman–Crippen MR) is 127 cm³/mol. The van der Waals surface area contributed by atoms with Crippen LogP contribution in [0.15, 0.2) is 73.3 Å². The van der Waals surface area contributed by atoms with Crippen molar-refractivity contribution in [2.24, 2.45) is 5.92 Å². The van der Waals surface area contributed by atoms with Crippen LogP contribution in [0.3, 0.4) is 0 Å². The summed E-state index contributed by atoms with van der Waals surface area (Å²) in [6.07, 6.45) is 6.05. The maximum absolute atomic E-state index is 13.0. The molecule has 1 atom stereocenters. The molecule has 0 aliphatic rings. The third-order valence-electron chi connectivity index (χ3n) is 5.14. The van der Waals surface area contributed by atoms with Crippen LogP contribution in [0.2, 0.25) is 0 Å². The molecular formula is C25H29N5O3. The minimum absolute atomic E-state index is 0.117. The highest BCUT2D eigenvalue weighted by Crippen LogP contribution is 2.17. The number of nitrogens with one attached hydrogen (secondary N) is 3. The van der Waals surface area contributed by atoms with Crippen molar-refractivity contribution >= 4 is 23.4 Å². The summed E-state index contributed by atoms with van der Waals surface area (Å²) >= 11 is 0. The van der Waals surface area contributed by atoms with E-state index in [4.69, 9.17) is 0 Å². The quantitative estimate of drug-likeness (QED) is 0.415. The van der Waals surface area contributed by atoms with Gasteiger partial charge in [0.25, 0.3) is 11.8 Å². The first-order chi connectivity index (χ1) is 16.0. The van der Waals surface area contributed by atoms with Crippen molar-refractivity contribution in [3.05, 3.63) is 84.4 Å². The normalized spacial score (nSPS) is 11.6. The Kier molecular flexibility index (Phi) is 8.35. The standard InChI is InChI=1S/C25H29N5O3/c1-18(2)22(25(33)27-13-8-15-30-16-14-26-17-30)29-24(32)20-11-6-7-12-21(20)28-23(31)19-9-4-3-5-10-19/h3-7,9-12,14,16-18,22H,8,13,15H2,1-2H3,(H,27,33)(H,28,31)(H,29,32)/t22-/m0/s1. The number of benzene rings is 2. The first kappa shape index (κ1) is 23.7. The highest BCUT2D eigenvalue weighted by Gasteiger charge is 2.25. The smallest absolute Gasteiger partial charge is 0.255 e. The van der Waals surface area contributed by atoms with Gasteiger partial charge in [0.15, 0.2) is 0 Å². The van der Waals surface area contributed by atoms with Crippen LogP contribution in [-0.2, 0) is 11.3 Å². The molecule has 0 aliphatic carbocycles. The van der Waals surface area contributed by atoms with E-state index in [-0.39, 0.29) is 17.7 Å².